The number of hydrogen-bond donors (Lipinski definition) is 1. The van der Waals surface area contributed by atoms with Crippen molar-refractivity contribution in [3.05, 3.63) is 0 Å². The van der Waals surface area contributed by atoms with E-state index in [1.165, 1.54) is 19.4 Å². The van der Waals surface area contributed by atoms with Gasteiger partial charge in [-0.05, 0) is 31.1 Å². The molecule has 0 radical (unpaired) electrons. The van der Waals surface area contributed by atoms with Crippen molar-refractivity contribution in [2.24, 2.45) is 17.8 Å². The van der Waals surface area contributed by atoms with Gasteiger partial charge >= 0.3 is 0 Å². The van der Waals surface area contributed by atoms with Crippen LogP contribution in [0.3, 0.4) is 0 Å². The second-order valence-corrected chi connectivity index (χ2v) is 6.89. The molecule has 2 fully saturated rings. The van der Waals surface area contributed by atoms with Gasteiger partial charge in [0.15, 0.2) is 0 Å². The molecule has 2 unspecified atom stereocenters. The first-order valence-corrected chi connectivity index (χ1v) is 7.50. The zero-order valence-electron chi connectivity index (χ0n) is 12.3. The van der Waals surface area contributed by atoms with E-state index in [0.717, 1.165) is 24.9 Å². The van der Waals surface area contributed by atoms with Crippen LogP contribution in [0, 0.1) is 17.8 Å². The number of piperidine rings is 1. The number of nitrogens with one attached hydrogen (secondary N) is 1. The number of hydrogen-bond acceptors (Lipinski definition) is 2. The largest absolute Gasteiger partial charge is 0.352 e. The van der Waals surface area contributed by atoms with E-state index >= 15 is 0 Å². The maximum atomic E-state index is 11.8. The Morgan fingerprint density at radius 2 is 1.78 bits per heavy atom. The minimum atomic E-state index is 0.0967. The van der Waals surface area contributed by atoms with E-state index in [0.29, 0.717) is 12.0 Å². The molecule has 2 aliphatic rings. The van der Waals surface area contributed by atoms with Gasteiger partial charge in [0.05, 0.1) is 0 Å². The molecule has 0 bridgehead atoms. The van der Waals surface area contributed by atoms with E-state index in [1.807, 2.05) is 13.8 Å². The highest BCUT2D eigenvalue weighted by Gasteiger charge is 2.35. The van der Waals surface area contributed by atoms with Gasteiger partial charge in [-0.15, -0.1) is 0 Å². The fourth-order valence-electron chi connectivity index (χ4n) is 3.32. The topological polar surface area (TPSA) is 32.3 Å². The molecule has 2 atom stereocenters. The van der Waals surface area contributed by atoms with Crippen LogP contribution < -0.4 is 5.32 Å². The zero-order valence-corrected chi connectivity index (χ0v) is 12.3. The number of carbonyl (C=O) groups excluding carboxylic acids is 1. The van der Waals surface area contributed by atoms with Gasteiger partial charge in [-0.25, -0.2) is 0 Å². The summed E-state index contributed by atoms with van der Waals surface area (Å²) in [6, 6.07) is 1.14. The van der Waals surface area contributed by atoms with Crippen LogP contribution in [0.1, 0.15) is 47.0 Å². The lowest BCUT2D eigenvalue weighted by Crippen LogP contribution is -2.56. The molecule has 0 aromatic rings. The normalized spacial score (nSPS) is 37.4. The molecule has 1 saturated heterocycles. The Kier molecular flexibility index (Phi) is 4.31. The third-order valence-electron chi connectivity index (χ3n) is 4.42. The van der Waals surface area contributed by atoms with Crippen LogP contribution in [-0.4, -0.2) is 36.0 Å². The lowest BCUT2D eigenvalue weighted by Gasteiger charge is -2.47. The van der Waals surface area contributed by atoms with Crippen molar-refractivity contribution in [2.75, 3.05) is 13.1 Å². The summed E-state index contributed by atoms with van der Waals surface area (Å²) < 4.78 is 0. The number of amides is 1. The van der Waals surface area contributed by atoms with Crippen molar-refractivity contribution >= 4 is 5.91 Å². The Hall–Kier alpha value is -0.570. The molecule has 2 rings (SSSR count). The van der Waals surface area contributed by atoms with Gasteiger partial charge in [-0.2, -0.15) is 0 Å². The summed E-state index contributed by atoms with van der Waals surface area (Å²) in [5.41, 5.74) is 0. The highest BCUT2D eigenvalue weighted by Crippen LogP contribution is 2.33. The van der Waals surface area contributed by atoms with Gasteiger partial charge in [0.25, 0.3) is 0 Å². The maximum absolute atomic E-state index is 11.8. The first-order valence-electron chi connectivity index (χ1n) is 7.50. The van der Waals surface area contributed by atoms with Crippen LogP contribution in [-0.2, 0) is 4.79 Å². The fourth-order valence-corrected chi connectivity index (χ4v) is 3.32. The van der Waals surface area contributed by atoms with Crippen molar-refractivity contribution in [1.82, 2.24) is 10.2 Å². The summed E-state index contributed by atoms with van der Waals surface area (Å²) in [6.45, 7) is 10.8. The van der Waals surface area contributed by atoms with Crippen LogP contribution in [0.15, 0.2) is 0 Å². The standard InChI is InChI=1S/C15H28N2O/c1-10(2)15(18)16-13-5-12(4)8-17(9-13)14-6-11(3)7-14/h10-14H,5-9H2,1-4H3,(H,16,18). The maximum Gasteiger partial charge on any atom is 0.222 e. The number of nitrogens with zero attached hydrogens (tertiary/aromatic N) is 1. The Bertz CT molecular complexity index is 297. The van der Waals surface area contributed by atoms with E-state index in [-0.39, 0.29) is 11.8 Å². The van der Waals surface area contributed by atoms with Gasteiger partial charge in [0.1, 0.15) is 0 Å². The SMILES string of the molecule is CC1CC(N2CC(C)CC(NC(=O)C(C)C)C2)C1. The van der Waals surface area contributed by atoms with E-state index in [4.69, 9.17) is 0 Å². The van der Waals surface area contributed by atoms with Crippen molar-refractivity contribution in [2.45, 2.75) is 59.0 Å². The van der Waals surface area contributed by atoms with Gasteiger partial charge in [-0.3, -0.25) is 9.69 Å². The average molecular weight is 252 g/mol. The summed E-state index contributed by atoms with van der Waals surface area (Å²) >= 11 is 0. The molecule has 0 aromatic carbocycles. The molecule has 3 heteroatoms. The molecular formula is C15H28N2O. The van der Waals surface area contributed by atoms with E-state index in [2.05, 4.69) is 24.1 Å². The third-order valence-corrected chi connectivity index (χ3v) is 4.42. The lowest BCUT2D eigenvalue weighted by atomic mass is 9.79. The number of rotatable bonds is 3. The summed E-state index contributed by atoms with van der Waals surface area (Å²) in [5.74, 6) is 1.90. The first kappa shape index (κ1) is 13.9. The Labute approximate surface area is 111 Å². The second-order valence-electron chi connectivity index (χ2n) is 6.89. The van der Waals surface area contributed by atoms with Crippen LogP contribution in [0.5, 0.6) is 0 Å². The predicted octanol–water partition coefficient (Wildman–Crippen LogP) is 2.27. The molecule has 0 aromatic heterocycles. The second kappa shape index (κ2) is 5.60. The molecular weight excluding hydrogens is 224 g/mol. The van der Waals surface area contributed by atoms with E-state index < -0.39 is 0 Å². The first-order chi connectivity index (χ1) is 8.45. The molecule has 1 amide bonds. The van der Waals surface area contributed by atoms with Crippen LogP contribution in [0.25, 0.3) is 0 Å². The molecule has 1 aliphatic carbocycles. The molecule has 1 N–H and O–H groups in total. The van der Waals surface area contributed by atoms with E-state index in [9.17, 15) is 4.79 Å². The van der Waals surface area contributed by atoms with Crippen molar-refractivity contribution in [3.8, 4) is 0 Å². The van der Waals surface area contributed by atoms with Gasteiger partial charge in [0.2, 0.25) is 5.91 Å². The zero-order chi connectivity index (χ0) is 13.3. The minimum absolute atomic E-state index is 0.0967. The Morgan fingerprint density at radius 1 is 1.11 bits per heavy atom. The van der Waals surface area contributed by atoms with Crippen molar-refractivity contribution in [3.63, 3.8) is 0 Å². The molecule has 0 spiro atoms. The van der Waals surface area contributed by atoms with Crippen molar-refractivity contribution in [1.29, 1.82) is 0 Å². The minimum Gasteiger partial charge on any atom is -0.352 e. The molecule has 1 aliphatic heterocycles. The molecule has 1 heterocycles. The van der Waals surface area contributed by atoms with Crippen LogP contribution in [0.2, 0.25) is 0 Å². The van der Waals surface area contributed by atoms with Crippen LogP contribution in [0.4, 0.5) is 0 Å². The summed E-state index contributed by atoms with van der Waals surface area (Å²) in [7, 11) is 0. The van der Waals surface area contributed by atoms with Gasteiger partial charge in [0, 0.05) is 31.1 Å². The quantitative estimate of drug-likeness (QED) is 0.835. The van der Waals surface area contributed by atoms with Crippen LogP contribution >= 0.6 is 0 Å². The molecule has 18 heavy (non-hydrogen) atoms. The van der Waals surface area contributed by atoms with E-state index in [1.54, 1.807) is 0 Å². The molecule has 1 saturated carbocycles. The Morgan fingerprint density at radius 3 is 2.33 bits per heavy atom. The number of likely N-dealkylation sites (tertiary alicyclic amines) is 1. The predicted molar refractivity (Wildman–Crippen MR) is 74.3 cm³/mol. The monoisotopic (exact) mass is 252 g/mol. The highest BCUT2D eigenvalue weighted by atomic mass is 16.1. The smallest absolute Gasteiger partial charge is 0.222 e. The Balaban J connectivity index is 1.86. The summed E-state index contributed by atoms with van der Waals surface area (Å²) in [6.07, 6.45) is 3.83. The van der Waals surface area contributed by atoms with Gasteiger partial charge in [-0.1, -0.05) is 27.7 Å². The highest BCUT2D eigenvalue weighted by molar-refractivity contribution is 5.78. The fraction of sp³-hybridized carbons (Fsp3) is 0.933. The number of carbonyl (C=O) groups is 1. The van der Waals surface area contributed by atoms with Crippen molar-refractivity contribution < 1.29 is 4.79 Å². The molecule has 3 nitrogen and oxygen atoms in total. The summed E-state index contributed by atoms with van der Waals surface area (Å²) in [5, 5.41) is 3.21. The molecule has 104 valence electrons. The van der Waals surface area contributed by atoms with Gasteiger partial charge < -0.3 is 5.32 Å². The summed E-state index contributed by atoms with van der Waals surface area (Å²) in [4.78, 5) is 14.4. The average Bonchev–Trinajstić information content (AvgIpc) is 2.23. The third kappa shape index (κ3) is 3.25. The lowest BCUT2D eigenvalue weighted by molar-refractivity contribution is -0.125.